The van der Waals surface area contributed by atoms with Gasteiger partial charge in [0.2, 0.25) is 11.8 Å². The Hall–Kier alpha value is -1.68. The summed E-state index contributed by atoms with van der Waals surface area (Å²) in [4.78, 5) is 24.4. The van der Waals surface area contributed by atoms with Gasteiger partial charge in [-0.05, 0) is 19.4 Å². The van der Waals surface area contributed by atoms with Crippen LogP contribution in [0.2, 0.25) is 0 Å². The van der Waals surface area contributed by atoms with E-state index in [9.17, 15) is 9.59 Å². The highest BCUT2D eigenvalue weighted by Crippen LogP contribution is 2.18. The average Bonchev–Trinajstić information content (AvgIpc) is 2.58. The van der Waals surface area contributed by atoms with E-state index in [4.69, 9.17) is 0 Å². The second-order valence-electron chi connectivity index (χ2n) is 4.85. The molecule has 1 aromatic carbocycles. The van der Waals surface area contributed by atoms with Crippen LogP contribution in [0.4, 0.5) is 0 Å². The molecule has 18 heavy (non-hydrogen) atoms. The number of rotatable bonds is 3. The molecule has 4 nitrogen and oxygen atoms in total. The Morgan fingerprint density at radius 3 is 2.39 bits per heavy atom. The molecule has 1 fully saturated rings. The first-order chi connectivity index (χ1) is 8.49. The van der Waals surface area contributed by atoms with E-state index in [1.165, 1.54) is 17.5 Å². The Balaban J connectivity index is 2.04. The zero-order valence-corrected chi connectivity index (χ0v) is 10.9. The van der Waals surface area contributed by atoms with Crippen molar-refractivity contribution in [3.8, 4) is 0 Å². The van der Waals surface area contributed by atoms with Crippen LogP contribution < -0.4 is 5.32 Å². The van der Waals surface area contributed by atoms with Crippen LogP contribution in [0.5, 0.6) is 0 Å². The van der Waals surface area contributed by atoms with Crippen molar-refractivity contribution in [3.63, 3.8) is 0 Å². The lowest BCUT2D eigenvalue weighted by Crippen LogP contribution is -2.38. The molecule has 1 heterocycles. The number of amides is 2. The summed E-state index contributed by atoms with van der Waals surface area (Å²) in [6.45, 7) is 4.04. The van der Waals surface area contributed by atoms with Crippen LogP contribution in [0, 0.1) is 6.92 Å². The Morgan fingerprint density at radius 1 is 1.28 bits per heavy atom. The van der Waals surface area contributed by atoms with Crippen LogP contribution in [0.1, 0.15) is 30.5 Å². The Kier molecular flexibility index (Phi) is 3.48. The average molecular weight is 246 g/mol. The summed E-state index contributed by atoms with van der Waals surface area (Å²) in [5, 5.41) is 3.21. The molecule has 0 aliphatic carbocycles. The number of carbonyl (C=O) groups excluding carboxylic acids is 2. The van der Waals surface area contributed by atoms with Crippen molar-refractivity contribution in [3.05, 3.63) is 35.4 Å². The molecule has 1 unspecified atom stereocenters. The van der Waals surface area contributed by atoms with Crippen molar-refractivity contribution in [1.29, 1.82) is 0 Å². The van der Waals surface area contributed by atoms with Crippen LogP contribution in [0.3, 0.4) is 0 Å². The zero-order valence-electron chi connectivity index (χ0n) is 10.9. The molecule has 2 amide bonds. The highest BCUT2D eigenvalue weighted by molar-refractivity contribution is 6.05. The molecule has 0 spiro atoms. The lowest BCUT2D eigenvalue weighted by Gasteiger charge is -2.18. The molecule has 2 rings (SSSR count). The number of aryl methyl sites for hydroxylation is 1. The molecule has 1 saturated heterocycles. The fraction of sp³-hybridized carbons (Fsp3) is 0.429. The number of carbonyl (C=O) groups is 2. The van der Waals surface area contributed by atoms with Gasteiger partial charge < -0.3 is 0 Å². The maximum absolute atomic E-state index is 11.8. The SMILES string of the molecule is Cc1ccc([C@@H](C)NC2CC(=O)N(C)C2=O)cc1. The molecule has 0 radical (unpaired) electrons. The van der Waals surface area contributed by atoms with Crippen molar-refractivity contribution in [2.45, 2.75) is 32.4 Å². The predicted molar refractivity (Wildman–Crippen MR) is 68.9 cm³/mol. The van der Waals surface area contributed by atoms with Gasteiger partial charge in [0, 0.05) is 13.1 Å². The Bertz CT molecular complexity index is 467. The molecule has 2 atom stereocenters. The molecule has 1 aliphatic heterocycles. The number of nitrogens with zero attached hydrogens (tertiary/aromatic N) is 1. The topological polar surface area (TPSA) is 49.4 Å². The first kappa shape index (κ1) is 12.8. The highest BCUT2D eigenvalue weighted by Gasteiger charge is 2.36. The third kappa shape index (κ3) is 2.43. The lowest BCUT2D eigenvalue weighted by atomic mass is 10.1. The normalized spacial score (nSPS) is 21.5. The van der Waals surface area contributed by atoms with Gasteiger partial charge in [-0.25, -0.2) is 0 Å². The highest BCUT2D eigenvalue weighted by atomic mass is 16.2. The van der Waals surface area contributed by atoms with Crippen LogP contribution in [0.15, 0.2) is 24.3 Å². The second kappa shape index (κ2) is 4.90. The molecule has 0 bridgehead atoms. The Labute approximate surface area is 107 Å². The van der Waals surface area contributed by atoms with E-state index in [2.05, 4.69) is 5.32 Å². The predicted octanol–water partition coefficient (Wildman–Crippen LogP) is 1.40. The van der Waals surface area contributed by atoms with Gasteiger partial charge >= 0.3 is 0 Å². The third-order valence-electron chi connectivity index (χ3n) is 3.41. The minimum atomic E-state index is -0.390. The van der Waals surface area contributed by atoms with E-state index in [-0.39, 0.29) is 30.3 Å². The van der Waals surface area contributed by atoms with E-state index in [0.717, 1.165) is 5.56 Å². The number of hydrogen-bond acceptors (Lipinski definition) is 3. The number of benzene rings is 1. The standard InChI is InChI=1S/C14H18N2O2/c1-9-4-6-11(7-5-9)10(2)15-12-8-13(17)16(3)14(12)18/h4-7,10,12,15H,8H2,1-3H3/t10-,12?/m1/s1. The quantitative estimate of drug-likeness (QED) is 0.820. The number of likely N-dealkylation sites (tertiary alicyclic amines) is 1. The van der Waals surface area contributed by atoms with Crippen molar-refractivity contribution in [1.82, 2.24) is 10.2 Å². The summed E-state index contributed by atoms with van der Waals surface area (Å²) < 4.78 is 0. The Morgan fingerprint density at radius 2 is 1.89 bits per heavy atom. The maximum atomic E-state index is 11.8. The maximum Gasteiger partial charge on any atom is 0.246 e. The molecular formula is C14H18N2O2. The fourth-order valence-electron chi connectivity index (χ4n) is 2.14. The molecule has 0 saturated carbocycles. The van der Waals surface area contributed by atoms with Gasteiger partial charge in [-0.2, -0.15) is 0 Å². The van der Waals surface area contributed by atoms with Crippen molar-refractivity contribution in [2.75, 3.05) is 7.05 Å². The number of hydrogen-bond donors (Lipinski definition) is 1. The second-order valence-corrected chi connectivity index (χ2v) is 4.85. The molecular weight excluding hydrogens is 228 g/mol. The largest absolute Gasteiger partial charge is 0.299 e. The van der Waals surface area contributed by atoms with E-state index in [1.54, 1.807) is 0 Å². The van der Waals surface area contributed by atoms with Crippen molar-refractivity contribution >= 4 is 11.8 Å². The van der Waals surface area contributed by atoms with Gasteiger partial charge in [0.05, 0.1) is 12.5 Å². The summed E-state index contributed by atoms with van der Waals surface area (Å²) >= 11 is 0. The molecule has 96 valence electrons. The number of likely N-dealkylation sites (N-methyl/N-ethyl adjacent to an activating group) is 1. The van der Waals surface area contributed by atoms with Gasteiger partial charge in [-0.3, -0.25) is 19.8 Å². The van der Waals surface area contributed by atoms with Gasteiger partial charge in [0.25, 0.3) is 0 Å². The number of nitrogens with one attached hydrogen (secondary N) is 1. The van der Waals surface area contributed by atoms with E-state index in [1.807, 2.05) is 38.1 Å². The first-order valence-electron chi connectivity index (χ1n) is 6.12. The lowest BCUT2D eigenvalue weighted by molar-refractivity contribution is -0.137. The fourth-order valence-corrected chi connectivity index (χ4v) is 2.14. The van der Waals surface area contributed by atoms with E-state index < -0.39 is 0 Å². The number of imide groups is 1. The summed E-state index contributed by atoms with van der Waals surface area (Å²) in [5.74, 6) is -0.257. The van der Waals surface area contributed by atoms with E-state index >= 15 is 0 Å². The van der Waals surface area contributed by atoms with Crippen LogP contribution >= 0.6 is 0 Å². The van der Waals surface area contributed by atoms with Crippen LogP contribution in [-0.2, 0) is 9.59 Å². The minimum Gasteiger partial charge on any atom is -0.299 e. The van der Waals surface area contributed by atoms with Gasteiger partial charge in [0.15, 0.2) is 0 Å². The minimum absolute atomic E-state index is 0.0545. The summed E-state index contributed by atoms with van der Waals surface area (Å²) in [7, 11) is 1.53. The monoisotopic (exact) mass is 246 g/mol. The molecule has 1 aromatic rings. The smallest absolute Gasteiger partial charge is 0.246 e. The summed E-state index contributed by atoms with van der Waals surface area (Å²) in [5.41, 5.74) is 2.33. The molecule has 0 aromatic heterocycles. The zero-order chi connectivity index (χ0) is 13.3. The summed E-state index contributed by atoms with van der Waals surface area (Å²) in [6, 6.07) is 7.83. The van der Waals surface area contributed by atoms with Crippen molar-refractivity contribution < 1.29 is 9.59 Å². The van der Waals surface area contributed by atoms with Crippen LogP contribution in [0.25, 0.3) is 0 Å². The van der Waals surface area contributed by atoms with Gasteiger partial charge in [-0.15, -0.1) is 0 Å². The summed E-state index contributed by atoms with van der Waals surface area (Å²) in [6.07, 6.45) is 0.255. The third-order valence-corrected chi connectivity index (χ3v) is 3.41. The van der Waals surface area contributed by atoms with E-state index in [0.29, 0.717) is 0 Å². The van der Waals surface area contributed by atoms with Gasteiger partial charge in [-0.1, -0.05) is 29.8 Å². The van der Waals surface area contributed by atoms with Crippen LogP contribution in [-0.4, -0.2) is 29.8 Å². The molecule has 1 aliphatic rings. The molecule has 4 heteroatoms. The van der Waals surface area contributed by atoms with Crippen molar-refractivity contribution in [2.24, 2.45) is 0 Å². The van der Waals surface area contributed by atoms with Gasteiger partial charge in [0.1, 0.15) is 0 Å². The molecule has 1 N–H and O–H groups in total. The first-order valence-corrected chi connectivity index (χ1v) is 6.12.